The first-order valence-corrected chi connectivity index (χ1v) is 6.08. The van der Waals surface area contributed by atoms with Gasteiger partial charge in [0.15, 0.2) is 0 Å². The molecule has 0 spiro atoms. The van der Waals surface area contributed by atoms with E-state index in [1.54, 1.807) is 6.07 Å². The fraction of sp³-hybridized carbons (Fsp3) is 0.417. The molecule has 0 amide bonds. The Morgan fingerprint density at radius 3 is 2.61 bits per heavy atom. The number of hydrogen-bond acceptors (Lipinski definition) is 3. The second kappa shape index (κ2) is 5.54. The van der Waals surface area contributed by atoms with E-state index in [-0.39, 0.29) is 12.4 Å². The zero-order valence-electron chi connectivity index (χ0n) is 9.77. The summed E-state index contributed by atoms with van der Waals surface area (Å²) in [4.78, 5) is 14.3. The van der Waals surface area contributed by atoms with Gasteiger partial charge in [0.25, 0.3) is 0 Å². The highest BCUT2D eigenvalue weighted by Gasteiger charge is 2.20. The molecule has 1 heterocycles. The molecule has 1 fully saturated rings. The second-order valence-corrected chi connectivity index (χ2v) is 4.69. The van der Waals surface area contributed by atoms with Crippen LogP contribution in [-0.2, 0) is 4.79 Å². The monoisotopic (exact) mass is 272 g/mol. The van der Waals surface area contributed by atoms with Crippen LogP contribution in [0.1, 0.15) is 0 Å². The van der Waals surface area contributed by atoms with E-state index in [1.165, 1.54) is 12.1 Å². The van der Waals surface area contributed by atoms with Gasteiger partial charge in [-0.15, -0.1) is 0 Å². The van der Waals surface area contributed by atoms with Crippen molar-refractivity contribution in [1.82, 2.24) is 4.90 Å². The van der Waals surface area contributed by atoms with Crippen LogP contribution in [-0.4, -0.2) is 48.7 Å². The van der Waals surface area contributed by atoms with Gasteiger partial charge in [-0.1, -0.05) is 11.6 Å². The summed E-state index contributed by atoms with van der Waals surface area (Å²) in [5, 5.41) is 9.20. The van der Waals surface area contributed by atoms with Crippen molar-refractivity contribution < 1.29 is 14.3 Å². The fourth-order valence-electron chi connectivity index (χ4n) is 2.07. The average molecular weight is 273 g/mol. The molecule has 1 aliphatic rings. The molecule has 0 radical (unpaired) electrons. The number of halogens is 2. The number of benzene rings is 1. The molecule has 1 aromatic rings. The summed E-state index contributed by atoms with van der Waals surface area (Å²) in [7, 11) is 0. The molecule has 1 aromatic carbocycles. The number of piperazine rings is 1. The zero-order chi connectivity index (χ0) is 13.1. The van der Waals surface area contributed by atoms with Gasteiger partial charge < -0.3 is 10.0 Å². The van der Waals surface area contributed by atoms with Gasteiger partial charge in [0.1, 0.15) is 5.82 Å². The third kappa shape index (κ3) is 3.11. The molecule has 4 nitrogen and oxygen atoms in total. The van der Waals surface area contributed by atoms with Crippen LogP contribution in [0.5, 0.6) is 0 Å². The van der Waals surface area contributed by atoms with Crippen molar-refractivity contribution in [2.75, 3.05) is 37.6 Å². The standard InChI is InChI=1S/C12H14ClFN2O2/c13-9-1-2-10(14)11(7-9)16-5-3-15(4-6-16)8-12(17)18/h1-2,7H,3-6,8H2,(H,17,18). The Morgan fingerprint density at radius 1 is 1.33 bits per heavy atom. The van der Waals surface area contributed by atoms with Gasteiger partial charge in [0.2, 0.25) is 0 Å². The van der Waals surface area contributed by atoms with Crippen LogP contribution in [0.3, 0.4) is 0 Å². The smallest absolute Gasteiger partial charge is 0.317 e. The van der Waals surface area contributed by atoms with Gasteiger partial charge in [-0.05, 0) is 18.2 Å². The maximum atomic E-state index is 13.7. The van der Waals surface area contributed by atoms with Crippen molar-refractivity contribution in [1.29, 1.82) is 0 Å². The van der Waals surface area contributed by atoms with Crippen LogP contribution in [0.25, 0.3) is 0 Å². The Bertz CT molecular complexity index is 448. The average Bonchev–Trinajstić information content (AvgIpc) is 2.33. The molecule has 0 atom stereocenters. The Morgan fingerprint density at radius 2 is 2.00 bits per heavy atom. The molecule has 6 heteroatoms. The lowest BCUT2D eigenvalue weighted by Gasteiger charge is -2.35. The van der Waals surface area contributed by atoms with Gasteiger partial charge in [0, 0.05) is 31.2 Å². The van der Waals surface area contributed by atoms with E-state index in [0.29, 0.717) is 36.9 Å². The van der Waals surface area contributed by atoms with E-state index >= 15 is 0 Å². The summed E-state index contributed by atoms with van der Waals surface area (Å²) in [6.45, 7) is 2.46. The van der Waals surface area contributed by atoms with Crippen molar-refractivity contribution in [3.05, 3.63) is 29.0 Å². The summed E-state index contributed by atoms with van der Waals surface area (Å²) in [5.74, 6) is -1.14. The number of anilines is 1. The number of nitrogens with zero attached hydrogens (tertiary/aromatic N) is 2. The predicted molar refractivity (Wildman–Crippen MR) is 67.7 cm³/mol. The maximum absolute atomic E-state index is 13.7. The van der Waals surface area contributed by atoms with E-state index in [9.17, 15) is 9.18 Å². The molecule has 1 aliphatic heterocycles. The minimum atomic E-state index is -0.836. The van der Waals surface area contributed by atoms with E-state index in [4.69, 9.17) is 16.7 Å². The number of rotatable bonds is 3. The number of hydrogen-bond donors (Lipinski definition) is 1. The number of carboxylic acids is 1. The van der Waals surface area contributed by atoms with Gasteiger partial charge >= 0.3 is 5.97 Å². The van der Waals surface area contributed by atoms with E-state index < -0.39 is 5.97 Å². The normalized spacial score (nSPS) is 16.9. The van der Waals surface area contributed by atoms with Gasteiger partial charge in [-0.2, -0.15) is 0 Å². The molecular weight excluding hydrogens is 259 g/mol. The maximum Gasteiger partial charge on any atom is 0.317 e. The molecule has 1 saturated heterocycles. The van der Waals surface area contributed by atoms with Crippen molar-refractivity contribution in [3.8, 4) is 0 Å². The van der Waals surface area contributed by atoms with Gasteiger partial charge in [0.05, 0.1) is 12.2 Å². The Hall–Kier alpha value is -1.33. The first-order chi connectivity index (χ1) is 8.56. The van der Waals surface area contributed by atoms with Crippen molar-refractivity contribution in [3.63, 3.8) is 0 Å². The molecule has 0 unspecified atom stereocenters. The summed E-state index contributed by atoms with van der Waals surface area (Å²) >= 11 is 5.85. The van der Waals surface area contributed by atoms with E-state index in [0.717, 1.165) is 0 Å². The molecule has 2 rings (SSSR count). The van der Waals surface area contributed by atoms with Crippen LogP contribution in [0.4, 0.5) is 10.1 Å². The summed E-state index contributed by atoms with van der Waals surface area (Å²) in [6.07, 6.45) is 0. The van der Waals surface area contributed by atoms with E-state index in [2.05, 4.69) is 0 Å². The topological polar surface area (TPSA) is 43.8 Å². The summed E-state index contributed by atoms with van der Waals surface area (Å²) < 4.78 is 13.7. The SMILES string of the molecule is O=C(O)CN1CCN(c2cc(Cl)ccc2F)CC1. The fourth-order valence-corrected chi connectivity index (χ4v) is 2.23. The molecular formula is C12H14ClFN2O2. The highest BCUT2D eigenvalue weighted by atomic mass is 35.5. The minimum Gasteiger partial charge on any atom is -0.480 e. The minimum absolute atomic E-state index is 0.0336. The Labute approximate surface area is 110 Å². The van der Waals surface area contributed by atoms with Gasteiger partial charge in [-0.25, -0.2) is 4.39 Å². The third-order valence-electron chi connectivity index (χ3n) is 2.98. The number of aliphatic carboxylic acids is 1. The van der Waals surface area contributed by atoms with Gasteiger partial charge in [-0.3, -0.25) is 9.69 Å². The molecule has 0 aromatic heterocycles. The van der Waals surface area contributed by atoms with Crippen LogP contribution in [0, 0.1) is 5.82 Å². The number of carboxylic acid groups (broad SMARTS) is 1. The quantitative estimate of drug-likeness (QED) is 0.909. The van der Waals surface area contributed by atoms with Crippen LogP contribution < -0.4 is 4.90 Å². The van der Waals surface area contributed by atoms with Crippen molar-refractivity contribution in [2.24, 2.45) is 0 Å². The molecule has 98 valence electrons. The molecule has 1 N–H and O–H groups in total. The zero-order valence-corrected chi connectivity index (χ0v) is 10.5. The second-order valence-electron chi connectivity index (χ2n) is 4.25. The largest absolute Gasteiger partial charge is 0.480 e. The number of carbonyl (C=O) groups is 1. The molecule has 0 bridgehead atoms. The van der Waals surface area contributed by atoms with Crippen LogP contribution in [0.2, 0.25) is 5.02 Å². The van der Waals surface area contributed by atoms with Crippen molar-refractivity contribution in [2.45, 2.75) is 0 Å². The predicted octanol–water partition coefficient (Wildman–Crippen LogP) is 1.69. The van der Waals surface area contributed by atoms with E-state index in [1.807, 2.05) is 9.80 Å². The lowest BCUT2D eigenvalue weighted by atomic mass is 10.2. The lowest BCUT2D eigenvalue weighted by molar-refractivity contribution is -0.138. The first kappa shape index (κ1) is 13.1. The third-order valence-corrected chi connectivity index (χ3v) is 3.22. The molecule has 0 aliphatic carbocycles. The highest BCUT2D eigenvalue weighted by molar-refractivity contribution is 6.30. The molecule has 18 heavy (non-hydrogen) atoms. The van der Waals surface area contributed by atoms with Crippen molar-refractivity contribution >= 4 is 23.3 Å². The molecule has 0 saturated carbocycles. The van der Waals surface area contributed by atoms with Crippen LogP contribution >= 0.6 is 11.6 Å². The summed E-state index contributed by atoms with van der Waals surface area (Å²) in [5.41, 5.74) is 0.484. The van der Waals surface area contributed by atoms with Crippen LogP contribution in [0.15, 0.2) is 18.2 Å². The lowest BCUT2D eigenvalue weighted by Crippen LogP contribution is -2.48. The summed E-state index contributed by atoms with van der Waals surface area (Å²) in [6, 6.07) is 4.46. The highest BCUT2D eigenvalue weighted by Crippen LogP contribution is 2.24. The Kier molecular flexibility index (Phi) is 4.04. The first-order valence-electron chi connectivity index (χ1n) is 5.70. The Balaban J connectivity index is 2.01.